The average Bonchev–Trinajstić information content (AvgIpc) is 3.21. The van der Waals surface area contributed by atoms with Crippen LogP contribution in [0.5, 0.6) is 0 Å². The second-order valence-electron chi connectivity index (χ2n) is 9.67. The van der Waals surface area contributed by atoms with E-state index in [9.17, 15) is 19.5 Å². The van der Waals surface area contributed by atoms with Crippen molar-refractivity contribution in [3.05, 3.63) is 0 Å². The van der Waals surface area contributed by atoms with Gasteiger partial charge in [0.1, 0.15) is 17.9 Å². The van der Waals surface area contributed by atoms with E-state index in [1.807, 2.05) is 6.92 Å². The topological polar surface area (TPSA) is 165 Å². The number of piperazine rings is 1. The first kappa shape index (κ1) is 30.5. The number of ketones is 1. The molecule has 2 unspecified atom stereocenters. The fourth-order valence-electron chi connectivity index (χ4n) is 5.24. The highest BCUT2D eigenvalue weighted by molar-refractivity contribution is 5.99. The van der Waals surface area contributed by atoms with Crippen molar-refractivity contribution in [3.8, 4) is 0 Å². The Kier molecular flexibility index (Phi) is 14.5. The number of fused-ring (bicyclic) bond motifs is 1. The van der Waals surface area contributed by atoms with Crippen LogP contribution in [-0.4, -0.2) is 71.5 Å². The molecular weight excluding hydrogens is 434 g/mol. The van der Waals surface area contributed by atoms with Crippen molar-refractivity contribution in [2.24, 2.45) is 29.0 Å². The van der Waals surface area contributed by atoms with Crippen LogP contribution in [0.15, 0.2) is 0 Å². The van der Waals surface area contributed by atoms with Crippen LogP contribution < -0.4 is 22.5 Å². The van der Waals surface area contributed by atoms with E-state index in [2.05, 4.69) is 12.2 Å². The molecular formula is C25H49N5O4. The Hall–Kier alpha value is -1.55. The highest BCUT2D eigenvalue weighted by Crippen LogP contribution is 2.42. The van der Waals surface area contributed by atoms with E-state index in [-0.39, 0.29) is 41.6 Å². The number of hydrogen-bond acceptors (Lipinski definition) is 7. The second-order valence-corrected chi connectivity index (χ2v) is 9.67. The van der Waals surface area contributed by atoms with Crippen LogP contribution in [0.4, 0.5) is 0 Å². The zero-order valence-corrected chi connectivity index (χ0v) is 21.5. The Bertz CT molecular complexity index is 622. The number of carbonyl (C=O) groups excluding carboxylic acids is 3. The molecule has 0 radical (unpaired) electrons. The van der Waals surface area contributed by atoms with Crippen molar-refractivity contribution in [1.82, 2.24) is 10.2 Å². The normalized spacial score (nSPS) is 30.4. The molecule has 1 saturated carbocycles. The van der Waals surface area contributed by atoms with E-state index in [0.717, 1.165) is 38.8 Å². The summed E-state index contributed by atoms with van der Waals surface area (Å²) in [5, 5.41) is 12.7. The van der Waals surface area contributed by atoms with E-state index < -0.39 is 12.1 Å². The monoisotopic (exact) mass is 483 g/mol. The summed E-state index contributed by atoms with van der Waals surface area (Å²) in [6, 6.07) is -1.24. The zero-order chi connectivity index (χ0) is 25.7. The summed E-state index contributed by atoms with van der Waals surface area (Å²) in [4.78, 5) is 39.8. The molecule has 3 aliphatic rings. The van der Waals surface area contributed by atoms with Crippen molar-refractivity contribution in [3.63, 3.8) is 0 Å². The molecule has 0 aromatic rings. The minimum Gasteiger partial charge on any atom is -0.393 e. The molecule has 2 saturated heterocycles. The van der Waals surface area contributed by atoms with Crippen molar-refractivity contribution < 1.29 is 19.5 Å². The maximum absolute atomic E-state index is 13.2. The maximum Gasteiger partial charge on any atom is 0.246 e. The van der Waals surface area contributed by atoms with Gasteiger partial charge in [-0.05, 0) is 90.3 Å². The SMILES string of the molecule is CC(=O)C1C[C@@H]2C(=O)N[C@@H](CCCCN)C(=O)N2C1C1CCC(O)CC1.CCCCN.CCN. The lowest BCUT2D eigenvalue weighted by Crippen LogP contribution is -2.64. The van der Waals surface area contributed by atoms with Crippen LogP contribution in [0.3, 0.4) is 0 Å². The zero-order valence-electron chi connectivity index (χ0n) is 21.5. The van der Waals surface area contributed by atoms with Crippen LogP contribution in [0, 0.1) is 11.8 Å². The number of aliphatic hydroxyl groups excluding tert-OH is 1. The Labute approximate surface area is 205 Å². The van der Waals surface area contributed by atoms with Crippen molar-refractivity contribution in [2.45, 2.75) is 109 Å². The maximum atomic E-state index is 13.2. The summed E-state index contributed by atoms with van der Waals surface area (Å²) in [6.07, 6.45) is 7.72. The molecule has 3 fully saturated rings. The summed E-state index contributed by atoms with van der Waals surface area (Å²) in [5.74, 6) is -0.233. The Morgan fingerprint density at radius 3 is 2.09 bits per heavy atom. The molecule has 0 aromatic carbocycles. The first-order valence-electron chi connectivity index (χ1n) is 13.2. The molecule has 8 N–H and O–H groups in total. The fourth-order valence-corrected chi connectivity index (χ4v) is 5.24. The molecule has 2 heterocycles. The highest BCUT2D eigenvalue weighted by Gasteiger charge is 2.55. The van der Waals surface area contributed by atoms with E-state index in [4.69, 9.17) is 17.2 Å². The molecule has 0 aromatic heterocycles. The lowest BCUT2D eigenvalue weighted by atomic mass is 9.77. The van der Waals surface area contributed by atoms with Gasteiger partial charge in [0, 0.05) is 12.0 Å². The van der Waals surface area contributed by atoms with Crippen LogP contribution in [-0.2, 0) is 14.4 Å². The smallest absolute Gasteiger partial charge is 0.246 e. The van der Waals surface area contributed by atoms with Gasteiger partial charge in [-0.2, -0.15) is 0 Å². The van der Waals surface area contributed by atoms with Gasteiger partial charge in [-0.25, -0.2) is 0 Å². The third kappa shape index (κ3) is 8.59. The van der Waals surface area contributed by atoms with Crippen LogP contribution in [0.2, 0.25) is 0 Å². The van der Waals surface area contributed by atoms with Crippen LogP contribution >= 0.6 is 0 Å². The first-order chi connectivity index (χ1) is 16.3. The van der Waals surface area contributed by atoms with E-state index >= 15 is 0 Å². The predicted octanol–water partition coefficient (Wildman–Crippen LogP) is 1.05. The number of aliphatic hydroxyl groups is 1. The summed E-state index contributed by atoms with van der Waals surface area (Å²) in [5.41, 5.74) is 15.5. The Morgan fingerprint density at radius 2 is 1.62 bits per heavy atom. The van der Waals surface area contributed by atoms with Crippen LogP contribution in [0.25, 0.3) is 0 Å². The van der Waals surface area contributed by atoms with E-state index in [1.165, 1.54) is 12.8 Å². The summed E-state index contributed by atoms with van der Waals surface area (Å²) < 4.78 is 0. The molecule has 1 aliphatic carbocycles. The fraction of sp³-hybridized carbons (Fsp3) is 0.880. The van der Waals surface area contributed by atoms with Gasteiger partial charge in [-0.15, -0.1) is 0 Å². The van der Waals surface area contributed by atoms with Gasteiger partial charge in [0.25, 0.3) is 0 Å². The number of nitrogens with two attached hydrogens (primary N) is 3. The quantitative estimate of drug-likeness (QED) is 0.322. The number of carbonyl (C=O) groups is 3. The van der Waals surface area contributed by atoms with Crippen molar-refractivity contribution >= 4 is 17.6 Å². The Balaban J connectivity index is 0.000000629. The molecule has 0 bridgehead atoms. The molecule has 2 aliphatic heterocycles. The third-order valence-electron chi connectivity index (χ3n) is 6.97. The Morgan fingerprint density at radius 1 is 1.03 bits per heavy atom. The van der Waals surface area contributed by atoms with Gasteiger partial charge in [-0.3, -0.25) is 14.4 Å². The molecule has 198 valence electrons. The lowest BCUT2D eigenvalue weighted by molar-refractivity contribution is -0.151. The number of nitrogens with zero attached hydrogens (tertiary/aromatic N) is 1. The lowest BCUT2D eigenvalue weighted by Gasteiger charge is -2.42. The molecule has 2 amide bonds. The highest BCUT2D eigenvalue weighted by atomic mass is 16.3. The van der Waals surface area contributed by atoms with Crippen LogP contribution in [0.1, 0.15) is 85.0 Å². The van der Waals surface area contributed by atoms with Gasteiger partial charge in [-0.1, -0.05) is 20.3 Å². The third-order valence-corrected chi connectivity index (χ3v) is 6.97. The van der Waals surface area contributed by atoms with Crippen molar-refractivity contribution in [2.75, 3.05) is 19.6 Å². The number of nitrogens with one attached hydrogen (secondary N) is 1. The number of rotatable bonds is 8. The minimum atomic E-state index is -0.529. The number of amides is 2. The molecule has 9 nitrogen and oxygen atoms in total. The molecule has 0 spiro atoms. The first-order valence-corrected chi connectivity index (χ1v) is 13.2. The molecule has 34 heavy (non-hydrogen) atoms. The molecule has 4 atom stereocenters. The standard InChI is InChI=1S/C19H31N3O4.C4H11N.C2H7N/c1-11(23)14-10-16-18(25)21-15(4-2-3-9-20)19(26)22(16)17(14)12-5-7-13(24)8-6-12;1-2-3-4-5;1-2-3/h12-17,24H,2-10,20H2,1H3,(H,21,25);2-5H2,1H3;2-3H2,1H3/t12?,13?,14?,15-,16+,17?;;/m0../s1. The van der Waals surface area contributed by atoms with Gasteiger partial charge in [0.15, 0.2) is 0 Å². The van der Waals surface area contributed by atoms with E-state index in [1.54, 1.807) is 11.8 Å². The average molecular weight is 484 g/mol. The number of Topliss-reactive ketones (excluding diaryl/α,β-unsaturated/α-hetero) is 1. The van der Waals surface area contributed by atoms with Gasteiger partial charge in [0.2, 0.25) is 11.8 Å². The largest absolute Gasteiger partial charge is 0.393 e. The second kappa shape index (κ2) is 16.2. The van der Waals surface area contributed by atoms with Crippen molar-refractivity contribution in [1.29, 1.82) is 0 Å². The molecule has 3 rings (SSSR count). The predicted molar refractivity (Wildman–Crippen MR) is 135 cm³/mol. The minimum absolute atomic E-state index is 0.0495. The van der Waals surface area contributed by atoms with Gasteiger partial charge in [0.05, 0.1) is 6.10 Å². The summed E-state index contributed by atoms with van der Waals surface area (Å²) in [7, 11) is 0. The number of hydrogen-bond donors (Lipinski definition) is 5. The number of unbranched alkanes of at least 4 members (excludes halogenated alkanes) is 2. The van der Waals surface area contributed by atoms with E-state index in [0.29, 0.717) is 32.2 Å². The van der Waals surface area contributed by atoms with Gasteiger partial charge < -0.3 is 32.5 Å². The summed E-state index contributed by atoms with van der Waals surface area (Å²) in [6.45, 7) is 7.76. The van der Waals surface area contributed by atoms with Gasteiger partial charge >= 0.3 is 0 Å². The molecule has 9 heteroatoms. The summed E-state index contributed by atoms with van der Waals surface area (Å²) >= 11 is 0.